The Bertz CT molecular complexity index is 690. The summed E-state index contributed by atoms with van der Waals surface area (Å²) in [6.07, 6.45) is 9.47. The Kier molecular flexibility index (Phi) is 13.2. The van der Waals surface area contributed by atoms with Crippen molar-refractivity contribution in [2.24, 2.45) is 0 Å². The molecule has 0 aliphatic rings. The first kappa shape index (κ1) is 26.2. The van der Waals surface area contributed by atoms with E-state index in [0.29, 0.717) is 0 Å². The maximum absolute atomic E-state index is 12.1. The first-order chi connectivity index (χ1) is 14.4. The van der Waals surface area contributed by atoms with E-state index in [1.54, 1.807) is 7.11 Å². The van der Waals surface area contributed by atoms with Gasteiger partial charge in [-0.3, -0.25) is 4.55 Å². The molecule has 172 valence electrons. The van der Waals surface area contributed by atoms with Gasteiger partial charge in [0.1, 0.15) is 11.9 Å². The van der Waals surface area contributed by atoms with Gasteiger partial charge in [0, 0.05) is 6.54 Å². The van der Waals surface area contributed by atoms with E-state index in [9.17, 15) is 13.2 Å². The molecule has 0 saturated carbocycles. The predicted molar refractivity (Wildman–Crippen MR) is 118 cm³/mol. The van der Waals surface area contributed by atoms with Gasteiger partial charge in [-0.15, -0.1) is 0 Å². The molecule has 1 amide bonds. The van der Waals surface area contributed by atoms with Gasteiger partial charge in [0.15, 0.2) is 0 Å². The number of benzene rings is 1. The van der Waals surface area contributed by atoms with Crippen molar-refractivity contribution in [2.75, 3.05) is 19.4 Å². The molecule has 0 spiro atoms. The molecule has 1 unspecified atom stereocenters. The normalized spacial score (nSPS) is 12.4. The summed E-state index contributed by atoms with van der Waals surface area (Å²) in [5, 5.41) is 2.55. The predicted octanol–water partition coefficient (Wildman–Crippen LogP) is 5.27. The monoisotopic (exact) mass is 443 g/mol. The van der Waals surface area contributed by atoms with Crippen molar-refractivity contribution in [1.82, 2.24) is 5.32 Å². The smallest absolute Gasteiger partial charge is 0.407 e. The lowest BCUT2D eigenvalue weighted by Crippen LogP contribution is -2.28. The first-order valence-corrected chi connectivity index (χ1v) is 12.5. The number of amides is 1. The lowest BCUT2D eigenvalue weighted by molar-refractivity contribution is 0.0908. The molecule has 1 aromatic rings. The highest BCUT2D eigenvalue weighted by Gasteiger charge is 2.17. The lowest BCUT2D eigenvalue weighted by atomic mass is 10.0. The second-order valence-electron chi connectivity index (χ2n) is 7.50. The third-order valence-electron chi connectivity index (χ3n) is 4.91. The minimum Gasteiger partial charge on any atom is -0.497 e. The summed E-state index contributed by atoms with van der Waals surface area (Å²) in [5.41, 5.74) is 0.895. The quantitative estimate of drug-likeness (QED) is 0.266. The van der Waals surface area contributed by atoms with Gasteiger partial charge in [-0.05, 0) is 37.0 Å². The number of alkyl carbamates (subject to hydrolysis) is 1. The molecule has 0 aliphatic carbocycles. The van der Waals surface area contributed by atoms with Crippen molar-refractivity contribution < 1.29 is 27.2 Å². The zero-order valence-electron chi connectivity index (χ0n) is 18.3. The van der Waals surface area contributed by atoms with Crippen molar-refractivity contribution in [3.63, 3.8) is 0 Å². The molecule has 0 radical (unpaired) electrons. The summed E-state index contributed by atoms with van der Waals surface area (Å²) in [5.74, 6) is 0.340. The summed E-state index contributed by atoms with van der Waals surface area (Å²) in [6, 6.07) is 7.45. The average molecular weight is 444 g/mol. The van der Waals surface area contributed by atoms with Crippen LogP contribution >= 0.6 is 0 Å². The van der Waals surface area contributed by atoms with Crippen LogP contribution in [0.1, 0.15) is 82.8 Å². The lowest BCUT2D eigenvalue weighted by Gasteiger charge is -2.19. The number of ether oxygens (including phenoxy) is 2. The van der Waals surface area contributed by atoms with E-state index in [0.717, 1.165) is 30.6 Å². The van der Waals surface area contributed by atoms with Crippen LogP contribution in [0.2, 0.25) is 0 Å². The molecule has 0 heterocycles. The van der Waals surface area contributed by atoms with Gasteiger partial charge in [-0.2, -0.15) is 8.42 Å². The molecule has 0 saturated heterocycles. The van der Waals surface area contributed by atoms with Crippen LogP contribution < -0.4 is 10.1 Å². The zero-order chi connectivity index (χ0) is 22.2. The molecular formula is C22H37NO6S. The minimum atomic E-state index is -4.02. The van der Waals surface area contributed by atoms with Gasteiger partial charge in [-0.1, -0.05) is 64.0 Å². The fourth-order valence-electron chi connectivity index (χ4n) is 3.19. The number of rotatable bonds is 16. The molecule has 1 aromatic carbocycles. The van der Waals surface area contributed by atoms with E-state index < -0.39 is 22.0 Å². The summed E-state index contributed by atoms with van der Waals surface area (Å²) in [7, 11) is -2.42. The molecule has 7 nitrogen and oxygen atoms in total. The molecule has 0 aromatic heterocycles. The van der Waals surface area contributed by atoms with E-state index in [-0.39, 0.29) is 19.1 Å². The molecule has 0 bridgehead atoms. The SMILES string of the molecule is CCCCCCCCCCC(OC(=O)NCCCS(=O)(=O)O)c1ccc(OC)cc1. The second-order valence-corrected chi connectivity index (χ2v) is 9.07. The number of nitrogens with one attached hydrogen (secondary N) is 1. The van der Waals surface area contributed by atoms with E-state index >= 15 is 0 Å². The van der Waals surface area contributed by atoms with Crippen LogP contribution in [-0.2, 0) is 14.9 Å². The van der Waals surface area contributed by atoms with Crippen molar-refractivity contribution >= 4 is 16.2 Å². The van der Waals surface area contributed by atoms with Gasteiger partial charge in [0.25, 0.3) is 10.1 Å². The van der Waals surface area contributed by atoms with Crippen LogP contribution in [0.5, 0.6) is 5.75 Å². The van der Waals surface area contributed by atoms with Gasteiger partial charge in [0.05, 0.1) is 12.9 Å². The van der Waals surface area contributed by atoms with Crippen molar-refractivity contribution in [1.29, 1.82) is 0 Å². The van der Waals surface area contributed by atoms with E-state index in [2.05, 4.69) is 12.2 Å². The largest absolute Gasteiger partial charge is 0.497 e. The van der Waals surface area contributed by atoms with E-state index in [1.165, 1.54) is 38.5 Å². The van der Waals surface area contributed by atoms with Crippen LogP contribution in [0.15, 0.2) is 24.3 Å². The van der Waals surface area contributed by atoms with Gasteiger partial charge < -0.3 is 14.8 Å². The number of carbonyl (C=O) groups is 1. The van der Waals surface area contributed by atoms with Crippen molar-refractivity contribution in [3.8, 4) is 5.75 Å². The van der Waals surface area contributed by atoms with Crippen LogP contribution in [0.3, 0.4) is 0 Å². The summed E-state index contributed by atoms with van der Waals surface area (Å²) in [6.45, 7) is 2.33. The molecule has 8 heteroatoms. The van der Waals surface area contributed by atoms with E-state index in [1.807, 2.05) is 24.3 Å². The number of hydrogen-bond acceptors (Lipinski definition) is 5. The zero-order valence-corrected chi connectivity index (χ0v) is 19.1. The van der Waals surface area contributed by atoms with E-state index in [4.69, 9.17) is 14.0 Å². The Labute approximate surface area is 181 Å². The molecule has 0 fully saturated rings. The van der Waals surface area contributed by atoms with Crippen LogP contribution in [-0.4, -0.2) is 38.5 Å². The Hall–Kier alpha value is -1.80. The third-order valence-corrected chi connectivity index (χ3v) is 5.71. The standard InChI is InChI=1S/C22H37NO6S/c1-3-4-5-6-7-8-9-10-12-21(19-13-15-20(28-2)16-14-19)29-22(24)23-17-11-18-30(25,26)27/h13-16,21H,3-12,17-18H2,1-2H3,(H,23,24)(H,25,26,27). The highest BCUT2D eigenvalue weighted by molar-refractivity contribution is 7.85. The summed E-state index contributed by atoms with van der Waals surface area (Å²) < 4.78 is 41.0. The number of hydrogen-bond donors (Lipinski definition) is 2. The number of carbonyl (C=O) groups excluding carboxylic acids is 1. The van der Waals surface area contributed by atoms with Gasteiger partial charge in [0.2, 0.25) is 0 Å². The number of methoxy groups -OCH3 is 1. The molecular weight excluding hydrogens is 406 g/mol. The molecule has 1 atom stereocenters. The first-order valence-electron chi connectivity index (χ1n) is 10.9. The van der Waals surface area contributed by atoms with Crippen LogP contribution in [0.4, 0.5) is 4.79 Å². The Morgan fingerprint density at radius 1 is 1.00 bits per heavy atom. The summed E-state index contributed by atoms with van der Waals surface area (Å²) in [4.78, 5) is 12.1. The van der Waals surface area contributed by atoms with Crippen LogP contribution in [0, 0.1) is 0 Å². The van der Waals surface area contributed by atoms with Crippen molar-refractivity contribution in [3.05, 3.63) is 29.8 Å². The minimum absolute atomic E-state index is 0.117. The summed E-state index contributed by atoms with van der Waals surface area (Å²) >= 11 is 0. The highest BCUT2D eigenvalue weighted by atomic mass is 32.2. The van der Waals surface area contributed by atoms with Gasteiger partial charge >= 0.3 is 6.09 Å². The Morgan fingerprint density at radius 2 is 1.60 bits per heavy atom. The molecule has 1 rings (SSSR count). The average Bonchev–Trinajstić information content (AvgIpc) is 2.71. The Morgan fingerprint density at radius 3 is 2.17 bits per heavy atom. The second kappa shape index (κ2) is 15.1. The third kappa shape index (κ3) is 12.7. The van der Waals surface area contributed by atoms with Gasteiger partial charge in [-0.25, -0.2) is 4.79 Å². The maximum atomic E-state index is 12.1. The molecule has 2 N–H and O–H groups in total. The molecule has 30 heavy (non-hydrogen) atoms. The highest BCUT2D eigenvalue weighted by Crippen LogP contribution is 2.26. The van der Waals surface area contributed by atoms with Crippen LogP contribution in [0.25, 0.3) is 0 Å². The fraction of sp³-hybridized carbons (Fsp3) is 0.682. The maximum Gasteiger partial charge on any atom is 0.407 e. The fourth-order valence-corrected chi connectivity index (χ4v) is 3.70. The topological polar surface area (TPSA) is 102 Å². The Balaban J connectivity index is 2.48. The number of unbranched alkanes of at least 4 members (excludes halogenated alkanes) is 7. The molecule has 0 aliphatic heterocycles. The van der Waals surface area contributed by atoms with Crippen molar-refractivity contribution in [2.45, 2.75) is 77.2 Å².